The Labute approximate surface area is 87.9 Å². The summed E-state index contributed by atoms with van der Waals surface area (Å²) in [5, 5.41) is 0.924. The Hall–Kier alpha value is 0.350. The topological polar surface area (TPSA) is 0 Å². The van der Waals surface area contributed by atoms with Crippen molar-refractivity contribution in [1.82, 2.24) is 0 Å². The van der Waals surface area contributed by atoms with Crippen LogP contribution in [-0.4, -0.2) is 11.5 Å². The lowest BCUT2D eigenvalue weighted by atomic mass is 9.88. The molecule has 0 N–H and O–H groups in total. The lowest BCUT2D eigenvalue weighted by molar-refractivity contribution is 0.347. The maximum Gasteiger partial charge on any atom is 0.00724 e. The van der Waals surface area contributed by atoms with Crippen molar-refractivity contribution in [3.8, 4) is 0 Å². The van der Waals surface area contributed by atoms with Gasteiger partial charge in [0.2, 0.25) is 0 Å². The van der Waals surface area contributed by atoms with Gasteiger partial charge in [-0.3, -0.25) is 0 Å². The summed E-state index contributed by atoms with van der Waals surface area (Å²) in [5.41, 5.74) is 0. The fourth-order valence-electron chi connectivity index (χ4n) is 2.39. The number of thioether (sulfide) groups is 1. The zero-order valence-corrected chi connectivity index (χ0v) is 10.2. The summed E-state index contributed by atoms with van der Waals surface area (Å²) in [4.78, 5) is 0. The first-order chi connectivity index (χ1) is 6.25. The van der Waals surface area contributed by atoms with Gasteiger partial charge in [0.15, 0.2) is 0 Å². The molecule has 0 aliphatic heterocycles. The molecule has 0 amide bonds. The minimum absolute atomic E-state index is 0.924. The summed E-state index contributed by atoms with van der Waals surface area (Å²) in [7, 11) is 0. The summed E-state index contributed by atoms with van der Waals surface area (Å²) in [6.45, 7) is 4.90. The van der Waals surface area contributed by atoms with Crippen LogP contribution in [0.5, 0.6) is 0 Å². The molecule has 0 spiro atoms. The zero-order valence-electron chi connectivity index (χ0n) is 9.38. The van der Waals surface area contributed by atoms with Crippen molar-refractivity contribution >= 4 is 11.8 Å². The van der Waals surface area contributed by atoms with Crippen LogP contribution < -0.4 is 0 Å². The molecule has 1 saturated carbocycles. The highest BCUT2D eigenvalue weighted by Crippen LogP contribution is 2.32. The highest BCUT2D eigenvalue weighted by molar-refractivity contribution is 7.99. The smallest absolute Gasteiger partial charge is 0.00724 e. The highest BCUT2D eigenvalue weighted by atomic mass is 32.2. The SMILES string of the molecule is CSC1CCCCCCC(C)C1C. The quantitative estimate of drug-likeness (QED) is 0.606. The van der Waals surface area contributed by atoms with Crippen LogP contribution in [0.3, 0.4) is 0 Å². The molecule has 0 radical (unpaired) electrons. The number of hydrogen-bond donors (Lipinski definition) is 0. The predicted octanol–water partition coefficient (Wildman–Crippen LogP) is 4.34. The van der Waals surface area contributed by atoms with E-state index in [0.717, 1.165) is 17.1 Å². The molecule has 3 atom stereocenters. The normalized spacial score (nSPS) is 37.6. The Morgan fingerprint density at radius 3 is 2.15 bits per heavy atom. The average molecular weight is 200 g/mol. The molecule has 0 aromatic heterocycles. The summed E-state index contributed by atoms with van der Waals surface area (Å²) in [5.74, 6) is 1.86. The second-order valence-corrected chi connectivity index (χ2v) is 5.68. The molecule has 0 aromatic carbocycles. The van der Waals surface area contributed by atoms with Crippen molar-refractivity contribution in [3.63, 3.8) is 0 Å². The van der Waals surface area contributed by atoms with Crippen LogP contribution in [0.1, 0.15) is 52.4 Å². The molecule has 78 valence electrons. The van der Waals surface area contributed by atoms with Crippen molar-refractivity contribution in [2.75, 3.05) is 6.26 Å². The Morgan fingerprint density at radius 1 is 0.923 bits per heavy atom. The Bertz CT molecular complexity index is 133. The lowest BCUT2D eigenvalue weighted by Crippen LogP contribution is -2.20. The van der Waals surface area contributed by atoms with E-state index in [-0.39, 0.29) is 0 Å². The fraction of sp³-hybridized carbons (Fsp3) is 1.00. The van der Waals surface area contributed by atoms with Gasteiger partial charge in [-0.25, -0.2) is 0 Å². The average Bonchev–Trinajstić information content (AvgIpc) is 2.21. The minimum Gasteiger partial charge on any atom is -0.162 e. The summed E-state index contributed by atoms with van der Waals surface area (Å²) in [6, 6.07) is 0. The Balaban J connectivity index is 2.49. The van der Waals surface area contributed by atoms with Gasteiger partial charge in [-0.1, -0.05) is 46.0 Å². The van der Waals surface area contributed by atoms with E-state index in [1.807, 2.05) is 0 Å². The van der Waals surface area contributed by atoms with Crippen molar-refractivity contribution in [2.45, 2.75) is 57.6 Å². The van der Waals surface area contributed by atoms with E-state index in [4.69, 9.17) is 0 Å². The number of hydrogen-bond acceptors (Lipinski definition) is 1. The van der Waals surface area contributed by atoms with E-state index in [1.54, 1.807) is 0 Å². The van der Waals surface area contributed by atoms with E-state index in [2.05, 4.69) is 31.9 Å². The van der Waals surface area contributed by atoms with Gasteiger partial charge in [0.05, 0.1) is 0 Å². The molecule has 1 rings (SSSR count). The van der Waals surface area contributed by atoms with Crippen molar-refractivity contribution in [3.05, 3.63) is 0 Å². The molecule has 0 bridgehead atoms. The van der Waals surface area contributed by atoms with Crippen LogP contribution in [0.2, 0.25) is 0 Å². The predicted molar refractivity (Wildman–Crippen MR) is 63.3 cm³/mol. The van der Waals surface area contributed by atoms with E-state index in [1.165, 1.54) is 38.5 Å². The van der Waals surface area contributed by atoms with Gasteiger partial charge >= 0.3 is 0 Å². The zero-order chi connectivity index (χ0) is 9.68. The van der Waals surface area contributed by atoms with Crippen LogP contribution in [0.4, 0.5) is 0 Å². The van der Waals surface area contributed by atoms with Crippen molar-refractivity contribution in [1.29, 1.82) is 0 Å². The fourth-order valence-corrected chi connectivity index (χ4v) is 3.49. The third-order valence-corrected chi connectivity index (χ3v) is 4.96. The van der Waals surface area contributed by atoms with Gasteiger partial charge in [0.25, 0.3) is 0 Å². The van der Waals surface area contributed by atoms with Crippen LogP contribution in [-0.2, 0) is 0 Å². The molecular weight excluding hydrogens is 176 g/mol. The molecule has 0 nitrogen and oxygen atoms in total. The second kappa shape index (κ2) is 5.95. The van der Waals surface area contributed by atoms with Crippen molar-refractivity contribution < 1.29 is 0 Å². The van der Waals surface area contributed by atoms with Gasteiger partial charge in [-0.2, -0.15) is 11.8 Å². The van der Waals surface area contributed by atoms with Gasteiger partial charge in [-0.15, -0.1) is 0 Å². The molecule has 1 heteroatoms. The molecule has 0 saturated heterocycles. The summed E-state index contributed by atoms with van der Waals surface area (Å²) >= 11 is 2.09. The number of rotatable bonds is 1. The molecule has 1 aliphatic carbocycles. The third-order valence-electron chi connectivity index (χ3n) is 3.68. The van der Waals surface area contributed by atoms with Gasteiger partial charge in [-0.05, 0) is 24.5 Å². The first-order valence-electron chi connectivity index (χ1n) is 5.78. The standard InChI is InChI=1S/C12H24S/c1-10-8-6-4-5-7-9-12(13-3)11(10)2/h10-12H,4-9H2,1-3H3. The van der Waals surface area contributed by atoms with E-state index < -0.39 is 0 Å². The maximum atomic E-state index is 2.46. The second-order valence-electron chi connectivity index (χ2n) is 4.60. The third kappa shape index (κ3) is 3.53. The summed E-state index contributed by atoms with van der Waals surface area (Å²) < 4.78 is 0. The lowest BCUT2D eigenvalue weighted by Gasteiger charge is -2.26. The monoisotopic (exact) mass is 200 g/mol. The molecule has 1 fully saturated rings. The Kier molecular flexibility index (Phi) is 5.23. The van der Waals surface area contributed by atoms with Gasteiger partial charge in [0, 0.05) is 5.25 Å². The van der Waals surface area contributed by atoms with E-state index >= 15 is 0 Å². The molecule has 3 unspecified atom stereocenters. The van der Waals surface area contributed by atoms with Crippen LogP contribution in [0.15, 0.2) is 0 Å². The van der Waals surface area contributed by atoms with Crippen molar-refractivity contribution in [2.24, 2.45) is 11.8 Å². The molecule has 13 heavy (non-hydrogen) atoms. The molecule has 0 aromatic rings. The first-order valence-corrected chi connectivity index (χ1v) is 7.07. The minimum atomic E-state index is 0.924. The van der Waals surface area contributed by atoms with Gasteiger partial charge < -0.3 is 0 Å². The molecular formula is C12H24S. The highest BCUT2D eigenvalue weighted by Gasteiger charge is 2.22. The van der Waals surface area contributed by atoms with Crippen LogP contribution in [0, 0.1) is 11.8 Å². The summed E-state index contributed by atoms with van der Waals surface area (Å²) in [6.07, 6.45) is 11.1. The largest absolute Gasteiger partial charge is 0.162 e. The first kappa shape index (κ1) is 11.4. The van der Waals surface area contributed by atoms with Crippen LogP contribution >= 0.6 is 11.8 Å². The van der Waals surface area contributed by atoms with Gasteiger partial charge in [0.1, 0.15) is 0 Å². The van der Waals surface area contributed by atoms with E-state index in [9.17, 15) is 0 Å². The van der Waals surface area contributed by atoms with Crippen LogP contribution in [0.25, 0.3) is 0 Å². The van der Waals surface area contributed by atoms with E-state index in [0.29, 0.717) is 0 Å². The molecule has 1 aliphatic rings. The molecule has 0 heterocycles. The maximum absolute atomic E-state index is 2.46. The Morgan fingerprint density at radius 2 is 1.54 bits per heavy atom.